The molecular weight excluding hydrogens is 597 g/mol. The molecule has 3 rings (SSSR count). The van der Waals surface area contributed by atoms with Gasteiger partial charge in [-0.15, -0.1) is 0 Å². The Hall–Kier alpha value is -3.03. The molecule has 0 N–H and O–H groups in total. The van der Waals surface area contributed by atoms with Gasteiger partial charge in [0.25, 0.3) is 0 Å². The number of aryl methyl sites for hydroxylation is 1. The first kappa shape index (κ1) is 45.0. The largest absolute Gasteiger partial charge is 0.173 e. The maximum atomic E-state index is 4.32. The molecule has 2 aliphatic rings. The Morgan fingerprint density at radius 3 is 2.06 bits per heavy atom. The molecule has 1 unspecified atom stereocenters. The number of hydrogen-bond donors (Lipinski definition) is 1. The quantitative estimate of drug-likeness (QED) is 0.136. The predicted molar refractivity (Wildman–Crippen MR) is 225 cm³/mol. The van der Waals surface area contributed by atoms with Gasteiger partial charge in [-0.3, -0.25) is 0 Å². The van der Waals surface area contributed by atoms with Gasteiger partial charge in [0.05, 0.1) is 0 Å². The Bertz CT molecular complexity index is 1350. The van der Waals surface area contributed by atoms with Crippen molar-refractivity contribution in [2.45, 2.75) is 132 Å². The normalized spacial score (nSPS) is 15.7. The van der Waals surface area contributed by atoms with Crippen molar-refractivity contribution in [2.75, 3.05) is 0 Å². The average Bonchev–Trinajstić information content (AvgIpc) is 3.06. The molecule has 0 amide bonds. The fraction of sp³-hybridized carbons (Fsp3) is 0.447. The summed E-state index contributed by atoms with van der Waals surface area (Å²) in [7, 11) is 0. The fourth-order valence-corrected chi connectivity index (χ4v) is 5.18. The Morgan fingerprint density at radius 1 is 0.979 bits per heavy atom. The lowest BCUT2D eigenvalue weighted by Crippen LogP contribution is -2.05. The van der Waals surface area contributed by atoms with E-state index in [1.165, 1.54) is 58.3 Å². The van der Waals surface area contributed by atoms with Gasteiger partial charge in [0.1, 0.15) is 0 Å². The smallest absolute Gasteiger partial charge is 0.00449 e. The van der Waals surface area contributed by atoms with Gasteiger partial charge < -0.3 is 0 Å². The van der Waals surface area contributed by atoms with E-state index in [4.69, 9.17) is 0 Å². The number of allylic oxidation sites excluding steroid dienone is 17. The van der Waals surface area contributed by atoms with Crippen molar-refractivity contribution < 1.29 is 0 Å². The topological polar surface area (TPSA) is 0 Å². The summed E-state index contributed by atoms with van der Waals surface area (Å²) in [5.41, 5.74) is 13.2. The van der Waals surface area contributed by atoms with Crippen LogP contribution in [-0.2, 0) is 6.42 Å². The summed E-state index contributed by atoms with van der Waals surface area (Å²) < 4.78 is 0.194. The molecule has 0 bridgehead atoms. The Balaban J connectivity index is 0.000000811. The van der Waals surface area contributed by atoms with E-state index in [-0.39, 0.29) is 4.75 Å². The van der Waals surface area contributed by atoms with Gasteiger partial charge in [-0.05, 0) is 124 Å². The second-order valence-corrected chi connectivity index (χ2v) is 15.4. The third-order valence-corrected chi connectivity index (χ3v) is 8.20. The first-order chi connectivity index (χ1) is 22.6. The molecule has 0 aliphatic heterocycles. The maximum absolute atomic E-state index is 4.32. The van der Waals surface area contributed by atoms with Crippen LogP contribution in [0.25, 0.3) is 0 Å². The first-order valence-corrected chi connectivity index (χ1v) is 18.6. The summed E-state index contributed by atoms with van der Waals surface area (Å²) >= 11 is 4.12. The summed E-state index contributed by atoms with van der Waals surface area (Å²) in [5, 5.41) is 0. The Labute approximate surface area is 304 Å². The van der Waals surface area contributed by atoms with Crippen molar-refractivity contribution in [1.82, 2.24) is 0 Å². The van der Waals surface area contributed by atoms with Crippen molar-refractivity contribution in [3.8, 4) is 0 Å². The molecule has 0 saturated carbocycles. The molecule has 264 valence electrons. The maximum Gasteiger partial charge on any atom is 0.00449 e. The second-order valence-electron chi connectivity index (χ2n) is 14.0. The van der Waals surface area contributed by atoms with E-state index < -0.39 is 0 Å². The molecule has 1 aromatic carbocycles. The van der Waals surface area contributed by atoms with E-state index in [0.717, 1.165) is 54.7 Å². The lowest BCUT2D eigenvalue weighted by Gasteiger charge is -2.24. The van der Waals surface area contributed by atoms with E-state index in [1.54, 1.807) is 0 Å². The molecule has 0 saturated heterocycles. The van der Waals surface area contributed by atoms with Crippen molar-refractivity contribution >= 4 is 12.6 Å². The van der Waals surface area contributed by atoms with Gasteiger partial charge in [0.2, 0.25) is 0 Å². The Kier molecular flexibility index (Phi) is 23.4. The van der Waals surface area contributed by atoms with Crippen LogP contribution in [0.5, 0.6) is 0 Å². The lowest BCUT2D eigenvalue weighted by atomic mass is 9.81. The van der Waals surface area contributed by atoms with Gasteiger partial charge in [-0.1, -0.05) is 164 Å². The predicted octanol–water partition coefficient (Wildman–Crippen LogP) is 15.2. The molecule has 1 heteroatoms. The van der Waals surface area contributed by atoms with E-state index in [1.807, 2.05) is 12.1 Å². The summed E-state index contributed by atoms with van der Waals surface area (Å²) in [6, 6.07) is 10.5. The zero-order chi connectivity index (χ0) is 36.7. The molecule has 0 heterocycles. The van der Waals surface area contributed by atoms with Gasteiger partial charge in [-0.2, -0.15) is 12.6 Å². The number of rotatable bonds is 11. The third kappa shape index (κ3) is 20.4. The van der Waals surface area contributed by atoms with E-state index in [0.29, 0.717) is 0 Å². The van der Waals surface area contributed by atoms with Crippen LogP contribution in [0.2, 0.25) is 0 Å². The molecule has 48 heavy (non-hydrogen) atoms. The minimum atomic E-state index is 0.194. The fourth-order valence-electron chi connectivity index (χ4n) is 5.18. The molecule has 0 nitrogen and oxygen atoms in total. The first-order valence-electron chi connectivity index (χ1n) is 18.1. The molecule has 0 spiro atoms. The van der Waals surface area contributed by atoms with Crippen molar-refractivity contribution in [2.24, 2.45) is 5.92 Å². The summed E-state index contributed by atoms with van der Waals surface area (Å²) in [5.74, 6) is 0.727. The molecular formula is C47H70S. The van der Waals surface area contributed by atoms with E-state index in [9.17, 15) is 0 Å². The van der Waals surface area contributed by atoms with Gasteiger partial charge in [0.15, 0.2) is 0 Å². The molecule has 0 aromatic heterocycles. The van der Waals surface area contributed by atoms with Crippen molar-refractivity contribution in [3.05, 3.63) is 154 Å². The van der Waals surface area contributed by atoms with Gasteiger partial charge in [0, 0.05) is 4.75 Å². The van der Waals surface area contributed by atoms with Crippen LogP contribution in [0.1, 0.15) is 127 Å². The summed E-state index contributed by atoms with van der Waals surface area (Å²) in [6.07, 6.45) is 27.2. The van der Waals surface area contributed by atoms with Crippen molar-refractivity contribution in [3.63, 3.8) is 0 Å². The van der Waals surface area contributed by atoms with E-state index in [2.05, 4.69) is 175 Å². The van der Waals surface area contributed by atoms with Crippen LogP contribution < -0.4 is 0 Å². The molecule has 0 radical (unpaired) electrons. The van der Waals surface area contributed by atoms with Crippen LogP contribution >= 0.6 is 12.6 Å². The highest BCUT2D eigenvalue weighted by molar-refractivity contribution is 7.81. The summed E-state index contributed by atoms with van der Waals surface area (Å²) in [4.78, 5) is 0. The number of hydrogen-bond acceptors (Lipinski definition) is 1. The van der Waals surface area contributed by atoms with Crippen LogP contribution in [0.4, 0.5) is 0 Å². The molecule has 0 fully saturated rings. The monoisotopic (exact) mass is 667 g/mol. The third-order valence-electron chi connectivity index (χ3n) is 8.20. The van der Waals surface area contributed by atoms with Crippen LogP contribution in [0.3, 0.4) is 0 Å². The van der Waals surface area contributed by atoms with Crippen LogP contribution in [0.15, 0.2) is 149 Å². The van der Waals surface area contributed by atoms with E-state index >= 15 is 0 Å². The zero-order valence-electron chi connectivity index (χ0n) is 32.8. The second kappa shape index (κ2) is 25.0. The standard InChI is InChI=1S/C26H32.C9H18.C8H10.C4H10S/c1-7-19(3)17-23(8-2)21(5)18-22(6)26-20(4)13-12-16-25(26)24-14-10-9-11-15-24;1-5-6-7-9(4)8(2)3;1-2-8-6-4-3-5-7-8;1-4(2,3)5/h7-10,13-14,17-18H,1,5,11-12,15-16H2,2-4,6H3;9H,2,5-7H2,1,3-4H3;3-7H,2H2,1H3;5H,1-3H3/b19-17-,22-18-,23-8+;;;. The van der Waals surface area contributed by atoms with Crippen LogP contribution in [-0.4, -0.2) is 4.75 Å². The number of thiol groups is 1. The summed E-state index contributed by atoms with van der Waals surface area (Å²) in [6.45, 7) is 35.6. The highest BCUT2D eigenvalue weighted by atomic mass is 32.1. The number of unbranched alkanes of at least 4 members (excludes halogenated alkanes) is 1. The highest BCUT2D eigenvalue weighted by Gasteiger charge is 2.18. The Morgan fingerprint density at radius 2 is 1.60 bits per heavy atom. The lowest BCUT2D eigenvalue weighted by molar-refractivity contribution is 0.573. The SMILES string of the molecule is C=C(C)C(C)CCCC.C=C/C(C)=C\C(=C/C)C(=C)/C=C(/C)C1=C(C2=CC=CCC2)CCC=C1C.CC(C)(C)S.CCc1ccccc1. The molecule has 2 aliphatic carbocycles. The van der Waals surface area contributed by atoms with Gasteiger partial charge in [-0.25, -0.2) is 0 Å². The zero-order valence-corrected chi connectivity index (χ0v) is 33.7. The van der Waals surface area contributed by atoms with Crippen molar-refractivity contribution in [1.29, 1.82) is 0 Å². The molecule has 1 aromatic rings. The van der Waals surface area contributed by atoms with Gasteiger partial charge >= 0.3 is 0 Å². The number of benzene rings is 1. The minimum Gasteiger partial charge on any atom is -0.173 e. The van der Waals surface area contributed by atoms with Crippen LogP contribution in [0, 0.1) is 5.92 Å². The average molecular weight is 667 g/mol. The molecule has 1 atom stereocenters. The highest BCUT2D eigenvalue weighted by Crippen LogP contribution is 2.37. The minimum absolute atomic E-state index is 0.194.